The molecule has 1 rings (SSSR count). The van der Waals surface area contributed by atoms with Gasteiger partial charge in [-0.1, -0.05) is 27.7 Å². The maximum atomic E-state index is 12.0. The minimum absolute atomic E-state index is 0.0701. The highest BCUT2D eigenvalue weighted by molar-refractivity contribution is 5.25. The van der Waals surface area contributed by atoms with E-state index in [1.807, 2.05) is 6.92 Å². The number of nitrogens with one attached hydrogen (secondary N) is 1. The molecule has 0 aliphatic carbocycles. The van der Waals surface area contributed by atoms with Gasteiger partial charge in [-0.3, -0.25) is 14.6 Å². The molecule has 0 aliphatic rings. The summed E-state index contributed by atoms with van der Waals surface area (Å²) in [7, 11) is 0. The summed E-state index contributed by atoms with van der Waals surface area (Å²) < 4.78 is 1.68. The lowest BCUT2D eigenvalue weighted by Gasteiger charge is -2.16. The zero-order chi connectivity index (χ0) is 10.9. The van der Waals surface area contributed by atoms with E-state index < -0.39 is 0 Å². The number of hydrogen-bond acceptors (Lipinski definition) is 1. The number of H-pyrrole nitrogens is 1. The third-order valence-corrected chi connectivity index (χ3v) is 2.45. The van der Waals surface area contributed by atoms with E-state index in [-0.39, 0.29) is 11.0 Å². The van der Waals surface area contributed by atoms with E-state index in [0.717, 1.165) is 17.7 Å². The highest BCUT2D eigenvalue weighted by Gasteiger charge is 2.24. The van der Waals surface area contributed by atoms with E-state index >= 15 is 0 Å². The largest absolute Gasteiger partial charge is 0.299 e. The Bertz CT molecular complexity index is 366. The molecule has 0 aromatic carbocycles. The number of rotatable bonds is 2. The Labute approximate surface area is 85.1 Å². The second-order valence-electron chi connectivity index (χ2n) is 4.62. The van der Waals surface area contributed by atoms with Crippen LogP contribution in [0.5, 0.6) is 0 Å². The lowest BCUT2D eigenvalue weighted by Crippen LogP contribution is -2.25. The molecule has 1 N–H and O–H groups in total. The highest BCUT2D eigenvalue weighted by Crippen LogP contribution is 2.21. The first-order chi connectivity index (χ1) is 6.41. The quantitative estimate of drug-likeness (QED) is 0.772. The van der Waals surface area contributed by atoms with Crippen LogP contribution in [0, 0.1) is 0 Å². The molecular weight excluding hydrogens is 176 g/mol. The second-order valence-corrected chi connectivity index (χ2v) is 4.62. The van der Waals surface area contributed by atoms with Crippen molar-refractivity contribution in [1.82, 2.24) is 9.78 Å². The van der Waals surface area contributed by atoms with Crippen LogP contribution in [-0.4, -0.2) is 9.78 Å². The number of aromatic nitrogens is 2. The first kappa shape index (κ1) is 11.1. The zero-order valence-corrected chi connectivity index (χ0v) is 9.77. The molecular formula is C11H20N2O. The monoisotopic (exact) mass is 196 g/mol. The molecule has 1 heterocycles. The summed E-state index contributed by atoms with van der Waals surface area (Å²) in [5.74, 6) is 0. The summed E-state index contributed by atoms with van der Waals surface area (Å²) in [6, 6.07) is 0. The molecule has 0 amide bonds. The van der Waals surface area contributed by atoms with Crippen molar-refractivity contribution in [1.29, 1.82) is 0 Å². The Morgan fingerprint density at radius 2 is 1.86 bits per heavy atom. The van der Waals surface area contributed by atoms with Gasteiger partial charge in [-0.2, -0.15) is 0 Å². The van der Waals surface area contributed by atoms with Gasteiger partial charge in [0.25, 0.3) is 5.56 Å². The molecule has 0 saturated carbocycles. The average Bonchev–Trinajstić information content (AvgIpc) is 2.40. The summed E-state index contributed by atoms with van der Waals surface area (Å²) in [5.41, 5.74) is 2.07. The van der Waals surface area contributed by atoms with Crippen molar-refractivity contribution in [3.05, 3.63) is 21.6 Å². The van der Waals surface area contributed by atoms with Crippen LogP contribution in [0.4, 0.5) is 0 Å². The van der Waals surface area contributed by atoms with Crippen molar-refractivity contribution >= 4 is 0 Å². The Balaban J connectivity index is 3.40. The van der Waals surface area contributed by atoms with Crippen LogP contribution in [0.3, 0.4) is 0 Å². The van der Waals surface area contributed by atoms with Crippen molar-refractivity contribution in [2.45, 2.75) is 53.0 Å². The van der Waals surface area contributed by atoms with Gasteiger partial charge in [-0.25, -0.2) is 0 Å². The molecule has 1 aromatic rings. The van der Waals surface area contributed by atoms with E-state index in [4.69, 9.17) is 0 Å². The standard InChI is InChI=1S/C11H20N2O/c1-6-8-9(11(3,4)5)10(14)13(7-2)12-8/h12H,6-7H2,1-5H3. The molecule has 0 radical (unpaired) electrons. The predicted octanol–water partition coefficient (Wildman–Crippen LogP) is 2.06. The summed E-state index contributed by atoms with van der Waals surface area (Å²) in [6.45, 7) is 11.0. The lowest BCUT2D eigenvalue weighted by molar-refractivity contribution is 0.573. The number of aromatic amines is 1. The maximum absolute atomic E-state index is 12.0. The molecule has 0 spiro atoms. The predicted molar refractivity (Wildman–Crippen MR) is 58.8 cm³/mol. The second kappa shape index (κ2) is 3.64. The summed E-state index contributed by atoms with van der Waals surface area (Å²) in [6.07, 6.45) is 0.884. The fraction of sp³-hybridized carbons (Fsp3) is 0.727. The molecule has 80 valence electrons. The van der Waals surface area contributed by atoms with Crippen LogP contribution in [0.25, 0.3) is 0 Å². The molecule has 0 bridgehead atoms. The SMILES string of the molecule is CCc1[nH]n(CC)c(=O)c1C(C)(C)C. The van der Waals surface area contributed by atoms with Crippen LogP contribution in [-0.2, 0) is 18.4 Å². The van der Waals surface area contributed by atoms with Crippen molar-refractivity contribution < 1.29 is 0 Å². The highest BCUT2D eigenvalue weighted by atomic mass is 16.1. The molecule has 0 atom stereocenters. The van der Waals surface area contributed by atoms with Gasteiger partial charge in [0.05, 0.1) is 0 Å². The van der Waals surface area contributed by atoms with E-state index in [2.05, 4.69) is 32.8 Å². The zero-order valence-electron chi connectivity index (χ0n) is 9.77. The van der Waals surface area contributed by atoms with Gasteiger partial charge < -0.3 is 0 Å². The third-order valence-electron chi connectivity index (χ3n) is 2.45. The van der Waals surface area contributed by atoms with Crippen molar-refractivity contribution in [2.75, 3.05) is 0 Å². The molecule has 3 heteroatoms. The van der Waals surface area contributed by atoms with Crippen molar-refractivity contribution in [3.63, 3.8) is 0 Å². The Morgan fingerprint density at radius 1 is 1.29 bits per heavy atom. The molecule has 14 heavy (non-hydrogen) atoms. The van der Waals surface area contributed by atoms with Gasteiger partial charge in [0.15, 0.2) is 0 Å². The molecule has 0 aliphatic heterocycles. The molecule has 3 nitrogen and oxygen atoms in total. The first-order valence-corrected chi connectivity index (χ1v) is 5.24. The van der Waals surface area contributed by atoms with Crippen LogP contribution >= 0.6 is 0 Å². The summed E-state index contributed by atoms with van der Waals surface area (Å²) in [4.78, 5) is 12.0. The van der Waals surface area contributed by atoms with Crippen LogP contribution < -0.4 is 5.56 Å². The Kier molecular flexibility index (Phi) is 2.88. The number of aryl methyl sites for hydroxylation is 2. The van der Waals surface area contributed by atoms with Crippen LogP contribution in [0.2, 0.25) is 0 Å². The minimum atomic E-state index is -0.0701. The van der Waals surface area contributed by atoms with Gasteiger partial charge in [0, 0.05) is 17.8 Å². The number of nitrogens with zero attached hydrogens (tertiary/aromatic N) is 1. The van der Waals surface area contributed by atoms with E-state index in [9.17, 15) is 4.79 Å². The average molecular weight is 196 g/mol. The maximum Gasteiger partial charge on any atom is 0.270 e. The fourth-order valence-electron chi connectivity index (χ4n) is 1.79. The molecule has 0 saturated heterocycles. The number of hydrogen-bond donors (Lipinski definition) is 1. The van der Waals surface area contributed by atoms with Gasteiger partial charge in [0.2, 0.25) is 0 Å². The van der Waals surface area contributed by atoms with Gasteiger partial charge in [-0.05, 0) is 18.8 Å². The molecule has 0 unspecified atom stereocenters. The topological polar surface area (TPSA) is 37.8 Å². The van der Waals surface area contributed by atoms with Crippen LogP contribution in [0.1, 0.15) is 45.9 Å². The third kappa shape index (κ3) is 1.76. The van der Waals surface area contributed by atoms with Crippen LogP contribution in [0.15, 0.2) is 4.79 Å². The van der Waals surface area contributed by atoms with Gasteiger partial charge in [-0.15, -0.1) is 0 Å². The van der Waals surface area contributed by atoms with Gasteiger partial charge in [0.1, 0.15) is 0 Å². The van der Waals surface area contributed by atoms with Crippen molar-refractivity contribution in [3.8, 4) is 0 Å². The smallest absolute Gasteiger partial charge is 0.270 e. The Hall–Kier alpha value is -0.990. The summed E-state index contributed by atoms with van der Waals surface area (Å²) in [5, 5.41) is 3.16. The molecule has 1 aromatic heterocycles. The normalized spacial score (nSPS) is 12.1. The fourth-order valence-corrected chi connectivity index (χ4v) is 1.79. The van der Waals surface area contributed by atoms with E-state index in [1.54, 1.807) is 4.68 Å². The van der Waals surface area contributed by atoms with Crippen molar-refractivity contribution in [2.24, 2.45) is 0 Å². The lowest BCUT2D eigenvalue weighted by atomic mass is 9.86. The first-order valence-electron chi connectivity index (χ1n) is 5.24. The Morgan fingerprint density at radius 3 is 2.14 bits per heavy atom. The summed E-state index contributed by atoms with van der Waals surface area (Å²) >= 11 is 0. The van der Waals surface area contributed by atoms with E-state index in [1.165, 1.54) is 0 Å². The molecule has 0 fully saturated rings. The van der Waals surface area contributed by atoms with E-state index in [0.29, 0.717) is 6.54 Å². The van der Waals surface area contributed by atoms with Gasteiger partial charge >= 0.3 is 0 Å². The minimum Gasteiger partial charge on any atom is -0.299 e.